The molecule has 0 unspecified atom stereocenters. The van der Waals surface area contributed by atoms with Gasteiger partial charge in [0.05, 0.1) is 9.92 Å². The zero-order chi connectivity index (χ0) is 22.9. The average Bonchev–Trinajstić information content (AvgIpc) is 3.24. The summed E-state index contributed by atoms with van der Waals surface area (Å²) in [5.41, 5.74) is 4.16. The van der Waals surface area contributed by atoms with E-state index in [0.717, 1.165) is 22.4 Å². The van der Waals surface area contributed by atoms with E-state index >= 15 is 0 Å². The van der Waals surface area contributed by atoms with Crippen molar-refractivity contribution in [3.8, 4) is 28.2 Å². The second-order valence-electron chi connectivity index (χ2n) is 7.33. The van der Waals surface area contributed by atoms with Crippen LogP contribution in [0.4, 0.5) is 0 Å². The van der Waals surface area contributed by atoms with Gasteiger partial charge in [0.25, 0.3) is 0 Å². The summed E-state index contributed by atoms with van der Waals surface area (Å²) in [7, 11) is -3.29. The molecule has 0 saturated heterocycles. The molecule has 0 amide bonds. The van der Waals surface area contributed by atoms with Crippen molar-refractivity contribution in [2.45, 2.75) is 11.8 Å². The van der Waals surface area contributed by atoms with Gasteiger partial charge in [-0.15, -0.1) is 0 Å². The van der Waals surface area contributed by atoms with Crippen molar-refractivity contribution in [1.82, 2.24) is 9.55 Å². The van der Waals surface area contributed by atoms with Crippen LogP contribution in [0.3, 0.4) is 0 Å². The molecule has 3 aromatic carbocycles. The Hall–Kier alpha value is -3.42. The Morgan fingerprint density at radius 1 is 1.00 bits per heavy atom. The van der Waals surface area contributed by atoms with Crippen LogP contribution in [0, 0.1) is 0 Å². The molecule has 6 nitrogen and oxygen atoms in total. The molecule has 8 heteroatoms. The van der Waals surface area contributed by atoms with Crippen LogP contribution in [-0.2, 0) is 9.84 Å². The van der Waals surface area contributed by atoms with E-state index < -0.39 is 9.84 Å². The first kappa shape index (κ1) is 21.8. The summed E-state index contributed by atoms with van der Waals surface area (Å²) < 4.78 is 25.7. The zero-order valence-corrected chi connectivity index (χ0v) is 19.0. The van der Waals surface area contributed by atoms with Crippen LogP contribution >= 0.6 is 11.6 Å². The highest BCUT2D eigenvalue weighted by Crippen LogP contribution is 2.30. The van der Waals surface area contributed by atoms with Crippen LogP contribution in [0.2, 0.25) is 5.02 Å². The second kappa shape index (κ2) is 8.61. The third-order valence-electron chi connectivity index (χ3n) is 5.08. The quantitative estimate of drug-likeness (QED) is 0.241. The van der Waals surface area contributed by atoms with Crippen molar-refractivity contribution < 1.29 is 13.6 Å². The van der Waals surface area contributed by atoms with Crippen LogP contribution in [-0.4, -0.2) is 35.1 Å². The third kappa shape index (κ3) is 4.30. The maximum atomic E-state index is 11.9. The van der Waals surface area contributed by atoms with E-state index in [-0.39, 0.29) is 4.90 Å². The standard InChI is InChI=1S/C24H20ClN3O3S/c1-16(27-29)23-15-28(24(26-23)21-8-3-4-9-22(21)25)19-12-10-17(11-13-19)18-6-5-7-20(14-18)32(2,30)31/h3-15,29H,1-2H3. The SMILES string of the molecule is CC(=NO)c1cn(-c2ccc(-c3cccc(S(C)(=O)=O)c3)cc2)c(-c2ccccc2Cl)n1. The highest BCUT2D eigenvalue weighted by atomic mass is 35.5. The number of imidazole rings is 1. The number of hydrogen-bond acceptors (Lipinski definition) is 5. The average molecular weight is 466 g/mol. The van der Waals surface area contributed by atoms with Gasteiger partial charge in [-0.05, 0) is 54.4 Å². The lowest BCUT2D eigenvalue weighted by Gasteiger charge is -2.10. The highest BCUT2D eigenvalue weighted by Gasteiger charge is 2.16. The normalized spacial score (nSPS) is 12.2. The van der Waals surface area contributed by atoms with E-state index in [2.05, 4.69) is 10.1 Å². The zero-order valence-electron chi connectivity index (χ0n) is 17.4. The molecule has 0 aliphatic rings. The third-order valence-corrected chi connectivity index (χ3v) is 6.52. The van der Waals surface area contributed by atoms with Crippen LogP contribution in [0.1, 0.15) is 12.6 Å². The molecule has 0 spiro atoms. The number of benzene rings is 3. The lowest BCUT2D eigenvalue weighted by molar-refractivity contribution is 0.319. The van der Waals surface area contributed by atoms with E-state index in [0.29, 0.717) is 22.3 Å². The fourth-order valence-corrected chi connectivity index (χ4v) is 4.24. The van der Waals surface area contributed by atoms with E-state index in [4.69, 9.17) is 11.6 Å². The molecule has 0 atom stereocenters. The number of oxime groups is 1. The second-order valence-corrected chi connectivity index (χ2v) is 9.75. The highest BCUT2D eigenvalue weighted by molar-refractivity contribution is 7.90. The molecule has 0 aliphatic carbocycles. The van der Waals surface area contributed by atoms with Gasteiger partial charge in [-0.2, -0.15) is 0 Å². The monoisotopic (exact) mass is 465 g/mol. The summed E-state index contributed by atoms with van der Waals surface area (Å²) in [4.78, 5) is 4.90. The van der Waals surface area contributed by atoms with Crippen LogP contribution < -0.4 is 0 Å². The summed E-state index contributed by atoms with van der Waals surface area (Å²) in [5.74, 6) is 0.612. The first-order valence-corrected chi connectivity index (χ1v) is 12.0. The fourth-order valence-electron chi connectivity index (χ4n) is 3.36. The molecular formula is C24H20ClN3O3S. The summed E-state index contributed by atoms with van der Waals surface area (Å²) in [6.07, 6.45) is 2.98. The number of nitrogens with zero attached hydrogens (tertiary/aromatic N) is 3. The van der Waals surface area contributed by atoms with Gasteiger partial charge >= 0.3 is 0 Å². The summed E-state index contributed by atoms with van der Waals surface area (Å²) >= 11 is 6.42. The topological polar surface area (TPSA) is 84.5 Å². The van der Waals surface area contributed by atoms with E-state index in [1.165, 1.54) is 6.26 Å². The van der Waals surface area contributed by atoms with Gasteiger partial charge in [-0.3, -0.25) is 4.57 Å². The Morgan fingerprint density at radius 2 is 1.72 bits per heavy atom. The summed E-state index contributed by atoms with van der Waals surface area (Å²) in [6.45, 7) is 1.67. The minimum absolute atomic E-state index is 0.276. The van der Waals surface area contributed by atoms with Gasteiger partial charge in [0.2, 0.25) is 0 Å². The van der Waals surface area contributed by atoms with E-state index in [1.54, 1.807) is 37.4 Å². The number of halogens is 1. The molecule has 1 heterocycles. The van der Waals surface area contributed by atoms with Crippen molar-refractivity contribution in [1.29, 1.82) is 0 Å². The Balaban J connectivity index is 1.80. The lowest BCUT2D eigenvalue weighted by atomic mass is 10.1. The molecule has 1 N–H and O–H groups in total. The molecule has 0 radical (unpaired) electrons. The summed E-state index contributed by atoms with van der Waals surface area (Å²) in [5, 5.41) is 13.0. The molecule has 0 fully saturated rings. The predicted molar refractivity (Wildman–Crippen MR) is 127 cm³/mol. The van der Waals surface area contributed by atoms with Gasteiger partial charge in [0.15, 0.2) is 9.84 Å². The molecular weight excluding hydrogens is 446 g/mol. The van der Waals surface area contributed by atoms with Gasteiger partial charge < -0.3 is 5.21 Å². The Bertz CT molecular complexity index is 1430. The van der Waals surface area contributed by atoms with Crippen molar-refractivity contribution >= 4 is 27.1 Å². The summed E-state index contributed by atoms with van der Waals surface area (Å²) in [6, 6.07) is 21.9. The Labute approximate surface area is 191 Å². The number of hydrogen-bond donors (Lipinski definition) is 1. The van der Waals surface area contributed by atoms with Gasteiger partial charge in [0.1, 0.15) is 17.2 Å². The maximum absolute atomic E-state index is 11.9. The molecule has 0 saturated carbocycles. The molecule has 32 heavy (non-hydrogen) atoms. The molecule has 0 bridgehead atoms. The Kier molecular flexibility index (Phi) is 5.86. The van der Waals surface area contributed by atoms with Crippen molar-refractivity contribution in [2.75, 3.05) is 6.26 Å². The molecule has 0 aliphatic heterocycles. The number of aromatic nitrogens is 2. The molecule has 4 rings (SSSR count). The number of sulfone groups is 1. The Morgan fingerprint density at radius 3 is 2.38 bits per heavy atom. The van der Waals surface area contributed by atoms with Crippen LogP contribution in [0.15, 0.2) is 89.0 Å². The largest absolute Gasteiger partial charge is 0.411 e. The van der Waals surface area contributed by atoms with Gasteiger partial charge in [-0.25, -0.2) is 13.4 Å². The molecule has 4 aromatic rings. The minimum atomic E-state index is -3.29. The fraction of sp³-hybridized carbons (Fsp3) is 0.0833. The first-order chi connectivity index (χ1) is 15.3. The molecule has 162 valence electrons. The smallest absolute Gasteiger partial charge is 0.175 e. The van der Waals surface area contributed by atoms with Crippen molar-refractivity contribution in [3.63, 3.8) is 0 Å². The van der Waals surface area contributed by atoms with Crippen LogP contribution in [0.5, 0.6) is 0 Å². The van der Waals surface area contributed by atoms with Crippen molar-refractivity contribution in [2.24, 2.45) is 5.16 Å². The van der Waals surface area contributed by atoms with Gasteiger partial charge in [0, 0.05) is 23.7 Å². The molecule has 1 aromatic heterocycles. The first-order valence-electron chi connectivity index (χ1n) is 9.72. The van der Waals surface area contributed by atoms with Crippen LogP contribution in [0.25, 0.3) is 28.2 Å². The van der Waals surface area contributed by atoms with E-state index in [9.17, 15) is 13.6 Å². The lowest BCUT2D eigenvalue weighted by Crippen LogP contribution is -1.98. The number of rotatable bonds is 5. The maximum Gasteiger partial charge on any atom is 0.175 e. The van der Waals surface area contributed by atoms with Crippen molar-refractivity contribution in [3.05, 3.63) is 89.7 Å². The minimum Gasteiger partial charge on any atom is -0.411 e. The predicted octanol–water partition coefficient (Wildman–Crippen LogP) is 5.46. The van der Waals surface area contributed by atoms with E-state index in [1.807, 2.05) is 53.1 Å². The van der Waals surface area contributed by atoms with Gasteiger partial charge in [-0.1, -0.05) is 53.2 Å².